The van der Waals surface area contributed by atoms with Gasteiger partial charge in [-0.2, -0.15) is 0 Å². The van der Waals surface area contributed by atoms with E-state index < -0.39 is 0 Å². The van der Waals surface area contributed by atoms with E-state index in [0.29, 0.717) is 0 Å². The molecule has 6 rings (SSSR count). The third kappa shape index (κ3) is 3.39. The van der Waals surface area contributed by atoms with E-state index in [4.69, 9.17) is 4.98 Å². The Kier molecular flexibility index (Phi) is 4.58. The fourth-order valence-corrected chi connectivity index (χ4v) is 4.45. The maximum atomic E-state index is 4.71. The second-order valence-electron chi connectivity index (χ2n) is 8.43. The highest BCUT2D eigenvalue weighted by Crippen LogP contribution is 2.33. The molecule has 0 radical (unpaired) electrons. The number of fused-ring (bicyclic) bond motifs is 2. The first-order valence-corrected chi connectivity index (χ1v) is 11.0. The van der Waals surface area contributed by atoms with Crippen LogP contribution in [0.2, 0.25) is 0 Å². The van der Waals surface area contributed by atoms with Crippen molar-refractivity contribution in [2.24, 2.45) is 0 Å². The zero-order chi connectivity index (χ0) is 21.5. The molecule has 0 amide bonds. The molecule has 0 spiro atoms. The van der Waals surface area contributed by atoms with E-state index in [1.165, 1.54) is 0 Å². The van der Waals surface area contributed by atoms with E-state index in [0.717, 1.165) is 76.2 Å². The molecule has 0 saturated carbocycles. The molecule has 1 aliphatic rings. The average molecular weight is 421 g/mol. The second kappa shape index (κ2) is 7.73. The topological polar surface area (TPSA) is 60.9 Å². The van der Waals surface area contributed by atoms with E-state index in [1.54, 1.807) is 0 Å². The highest BCUT2D eigenvalue weighted by atomic mass is 15.3. The Morgan fingerprint density at radius 3 is 2.62 bits per heavy atom. The molecule has 0 aliphatic carbocycles. The molecule has 0 bridgehead atoms. The van der Waals surface area contributed by atoms with Crippen LogP contribution in [-0.2, 0) is 0 Å². The summed E-state index contributed by atoms with van der Waals surface area (Å²) in [6, 6.07) is 16.9. The highest BCUT2D eigenvalue weighted by molar-refractivity contribution is 5.98. The number of piperazine rings is 1. The van der Waals surface area contributed by atoms with Crippen molar-refractivity contribution in [2.45, 2.75) is 0 Å². The molecule has 4 aromatic heterocycles. The number of H-pyrrole nitrogens is 1. The molecule has 0 unspecified atom stereocenters. The van der Waals surface area contributed by atoms with E-state index in [2.05, 4.69) is 74.3 Å². The monoisotopic (exact) mass is 420 g/mol. The van der Waals surface area contributed by atoms with Crippen LogP contribution in [0.15, 0.2) is 73.3 Å². The Labute approximate surface area is 186 Å². The first kappa shape index (κ1) is 19.0. The molecule has 1 aliphatic heterocycles. The zero-order valence-electron chi connectivity index (χ0n) is 18.0. The molecule has 1 fully saturated rings. The van der Waals surface area contributed by atoms with Gasteiger partial charge in [0.15, 0.2) is 0 Å². The lowest BCUT2D eigenvalue weighted by atomic mass is 10.0. The SMILES string of the molecule is CN1CCN(c2cc(-c3cnc4[nH]cc(-c5ccc6ncccc6c5)c4c3)ccn2)CC1. The summed E-state index contributed by atoms with van der Waals surface area (Å²) in [6.07, 6.45) is 7.72. The fraction of sp³-hybridized carbons (Fsp3) is 0.192. The van der Waals surface area contributed by atoms with E-state index in [1.807, 2.05) is 30.9 Å². The number of pyridine rings is 3. The van der Waals surface area contributed by atoms with Crippen LogP contribution in [0.5, 0.6) is 0 Å². The van der Waals surface area contributed by atoms with Crippen LogP contribution < -0.4 is 4.90 Å². The molecule has 6 heteroatoms. The van der Waals surface area contributed by atoms with Gasteiger partial charge in [0.1, 0.15) is 11.5 Å². The van der Waals surface area contributed by atoms with E-state index in [9.17, 15) is 0 Å². The average Bonchev–Trinajstić information content (AvgIpc) is 3.27. The molecule has 6 nitrogen and oxygen atoms in total. The van der Waals surface area contributed by atoms with Crippen molar-refractivity contribution in [2.75, 3.05) is 38.1 Å². The number of anilines is 1. The Morgan fingerprint density at radius 1 is 0.812 bits per heavy atom. The molecule has 1 saturated heterocycles. The van der Waals surface area contributed by atoms with Crippen molar-refractivity contribution in [3.05, 3.63) is 73.3 Å². The molecule has 1 N–H and O–H groups in total. The Balaban J connectivity index is 1.39. The summed E-state index contributed by atoms with van der Waals surface area (Å²) in [7, 11) is 2.17. The van der Waals surface area contributed by atoms with Gasteiger partial charge in [-0.05, 0) is 54.6 Å². The molecule has 158 valence electrons. The van der Waals surface area contributed by atoms with Gasteiger partial charge in [0.25, 0.3) is 0 Å². The molecular formula is C26H24N6. The minimum atomic E-state index is 0.892. The third-order valence-electron chi connectivity index (χ3n) is 6.35. The van der Waals surface area contributed by atoms with Crippen molar-refractivity contribution >= 4 is 27.8 Å². The standard InChI is InChI=1S/C26H24N6/c1-31-9-11-32(12-10-31)25-15-18(6-8-28-25)21-14-22-23(17-30-26(22)29-16-21)19-4-5-24-20(13-19)3-2-7-27-24/h2-8,13-17H,9-12H2,1H3,(H,29,30). The van der Waals surface area contributed by atoms with Crippen LogP contribution >= 0.6 is 0 Å². The summed E-state index contributed by atoms with van der Waals surface area (Å²) in [5.41, 5.74) is 6.43. The Hall–Kier alpha value is -3.77. The number of aromatic amines is 1. The summed E-state index contributed by atoms with van der Waals surface area (Å²) in [5.74, 6) is 1.03. The zero-order valence-corrected chi connectivity index (χ0v) is 18.0. The molecule has 32 heavy (non-hydrogen) atoms. The normalized spacial score (nSPS) is 15.0. The number of likely N-dealkylation sites (N-methyl/N-ethyl adjacent to an activating group) is 1. The van der Waals surface area contributed by atoms with Gasteiger partial charge in [0.05, 0.1) is 5.52 Å². The van der Waals surface area contributed by atoms with Crippen LogP contribution in [0.25, 0.3) is 44.2 Å². The van der Waals surface area contributed by atoms with Gasteiger partial charge in [-0.15, -0.1) is 0 Å². The Morgan fingerprint density at radius 2 is 1.72 bits per heavy atom. The van der Waals surface area contributed by atoms with Crippen molar-refractivity contribution in [3.63, 3.8) is 0 Å². The van der Waals surface area contributed by atoms with Gasteiger partial charge in [0.2, 0.25) is 0 Å². The predicted octanol–water partition coefficient (Wildman–Crippen LogP) is 4.59. The minimum absolute atomic E-state index is 0.892. The number of rotatable bonds is 3. The van der Waals surface area contributed by atoms with E-state index >= 15 is 0 Å². The fourth-order valence-electron chi connectivity index (χ4n) is 4.45. The van der Waals surface area contributed by atoms with Gasteiger partial charge >= 0.3 is 0 Å². The van der Waals surface area contributed by atoms with Gasteiger partial charge < -0.3 is 14.8 Å². The van der Waals surface area contributed by atoms with Crippen molar-refractivity contribution < 1.29 is 0 Å². The first-order chi connectivity index (χ1) is 15.7. The third-order valence-corrected chi connectivity index (χ3v) is 6.35. The predicted molar refractivity (Wildman–Crippen MR) is 130 cm³/mol. The molecule has 5 aromatic rings. The summed E-state index contributed by atoms with van der Waals surface area (Å²) in [6.45, 7) is 4.13. The molecule has 5 heterocycles. The number of benzene rings is 1. The van der Waals surface area contributed by atoms with Crippen molar-refractivity contribution in [3.8, 4) is 22.3 Å². The minimum Gasteiger partial charge on any atom is -0.354 e. The first-order valence-electron chi connectivity index (χ1n) is 11.0. The number of hydrogen-bond donors (Lipinski definition) is 1. The van der Waals surface area contributed by atoms with Crippen LogP contribution in [-0.4, -0.2) is 58.1 Å². The number of nitrogens with one attached hydrogen (secondary N) is 1. The lowest BCUT2D eigenvalue weighted by Crippen LogP contribution is -2.44. The van der Waals surface area contributed by atoms with Crippen molar-refractivity contribution in [1.82, 2.24) is 24.8 Å². The van der Waals surface area contributed by atoms with Gasteiger partial charge in [-0.1, -0.05) is 12.1 Å². The Bertz CT molecular complexity index is 1410. The lowest BCUT2D eigenvalue weighted by molar-refractivity contribution is 0.312. The molecule has 1 aromatic carbocycles. The van der Waals surface area contributed by atoms with Gasteiger partial charge in [-0.25, -0.2) is 9.97 Å². The molecule has 0 atom stereocenters. The van der Waals surface area contributed by atoms with Gasteiger partial charge in [-0.3, -0.25) is 4.98 Å². The quantitative estimate of drug-likeness (QED) is 0.463. The summed E-state index contributed by atoms with van der Waals surface area (Å²) in [4.78, 5) is 21.8. The summed E-state index contributed by atoms with van der Waals surface area (Å²) < 4.78 is 0. The van der Waals surface area contributed by atoms with Crippen LogP contribution in [0.3, 0.4) is 0 Å². The maximum absolute atomic E-state index is 4.71. The number of aromatic nitrogens is 4. The van der Waals surface area contributed by atoms with Crippen LogP contribution in [0.1, 0.15) is 0 Å². The largest absolute Gasteiger partial charge is 0.354 e. The second-order valence-corrected chi connectivity index (χ2v) is 8.43. The summed E-state index contributed by atoms with van der Waals surface area (Å²) >= 11 is 0. The highest BCUT2D eigenvalue weighted by Gasteiger charge is 2.16. The van der Waals surface area contributed by atoms with Gasteiger partial charge in [0, 0.05) is 72.9 Å². The lowest BCUT2D eigenvalue weighted by Gasteiger charge is -2.33. The van der Waals surface area contributed by atoms with Crippen LogP contribution in [0.4, 0.5) is 5.82 Å². The molecular weight excluding hydrogens is 396 g/mol. The number of hydrogen-bond acceptors (Lipinski definition) is 5. The summed E-state index contributed by atoms with van der Waals surface area (Å²) in [5, 5.41) is 2.25. The smallest absolute Gasteiger partial charge is 0.137 e. The van der Waals surface area contributed by atoms with Crippen LogP contribution in [0, 0.1) is 0 Å². The van der Waals surface area contributed by atoms with Crippen molar-refractivity contribution in [1.29, 1.82) is 0 Å². The maximum Gasteiger partial charge on any atom is 0.137 e. The number of nitrogens with zero attached hydrogens (tertiary/aromatic N) is 5. The van der Waals surface area contributed by atoms with E-state index in [-0.39, 0.29) is 0 Å².